The van der Waals surface area contributed by atoms with Crippen LogP contribution in [0.15, 0.2) is 103 Å². The molecule has 0 saturated carbocycles. The minimum Gasteiger partial charge on any atom is -0.480 e. The number of thioether (sulfide) groups is 3. The van der Waals surface area contributed by atoms with Crippen molar-refractivity contribution in [2.24, 2.45) is 5.41 Å². The molecule has 0 aliphatic heterocycles. The predicted octanol–water partition coefficient (Wildman–Crippen LogP) is 6.32. The first kappa shape index (κ1) is 62.3. The number of nitrogens with one attached hydrogen (secondary N) is 6. The lowest BCUT2D eigenvalue weighted by atomic mass is 9.95. The number of aliphatic hydroxyl groups excluding tert-OH is 3. The smallest absolute Gasteiger partial charge is 0.325 e. The molecule has 0 spiro atoms. The highest BCUT2D eigenvalue weighted by atomic mass is 32.2. The van der Waals surface area contributed by atoms with Crippen LogP contribution in [0.25, 0.3) is 33.5 Å². The third-order valence-electron chi connectivity index (χ3n) is 11.4. The number of H-pyrrole nitrogens is 3. The molecular formula is C51H49F6N15O8S3. The molecule has 1 unspecified atom stereocenters. The van der Waals surface area contributed by atoms with Crippen LogP contribution < -0.4 is 32.6 Å². The van der Waals surface area contributed by atoms with Crippen molar-refractivity contribution in [3.8, 4) is 0 Å². The summed E-state index contributed by atoms with van der Waals surface area (Å²) in [7, 11) is 0. The second-order valence-corrected chi connectivity index (χ2v) is 21.3. The van der Waals surface area contributed by atoms with Crippen LogP contribution >= 0.6 is 35.3 Å². The molecule has 0 aliphatic rings. The molecule has 3 atom stereocenters. The van der Waals surface area contributed by atoms with E-state index in [9.17, 15) is 60.8 Å². The average molecular weight is 1210 g/mol. The Hall–Kier alpha value is -8.30. The van der Waals surface area contributed by atoms with Gasteiger partial charge in [-0.15, -0.1) is 0 Å². The van der Waals surface area contributed by atoms with Gasteiger partial charge in [-0.25, -0.2) is 71.2 Å². The van der Waals surface area contributed by atoms with Gasteiger partial charge in [-0.05, 0) is 32.0 Å². The maximum absolute atomic E-state index is 13.9. The molecule has 83 heavy (non-hydrogen) atoms. The third kappa shape index (κ3) is 16.7. The monoisotopic (exact) mass is 1210 g/mol. The van der Waals surface area contributed by atoms with Crippen molar-refractivity contribution in [1.29, 1.82) is 0 Å². The highest BCUT2D eigenvalue weighted by Gasteiger charge is 2.22. The molecule has 23 nitrogen and oxygen atoms in total. The van der Waals surface area contributed by atoms with E-state index in [0.717, 1.165) is 72.1 Å². The summed E-state index contributed by atoms with van der Waals surface area (Å²) < 4.78 is 81.5. The van der Waals surface area contributed by atoms with E-state index < -0.39 is 81.2 Å². The molecule has 10 N–H and O–H groups in total. The fourth-order valence-corrected chi connectivity index (χ4v) is 9.27. The van der Waals surface area contributed by atoms with E-state index in [1.807, 2.05) is 13.8 Å². The van der Waals surface area contributed by atoms with E-state index in [1.54, 1.807) is 0 Å². The van der Waals surface area contributed by atoms with Gasteiger partial charge in [-0.3, -0.25) is 19.2 Å². The van der Waals surface area contributed by atoms with E-state index >= 15 is 0 Å². The molecule has 0 amide bonds. The number of aliphatic carboxylic acids is 1. The molecule has 0 aliphatic carbocycles. The van der Waals surface area contributed by atoms with Crippen LogP contribution in [-0.4, -0.2) is 124 Å². The van der Waals surface area contributed by atoms with Gasteiger partial charge in [-0.1, -0.05) is 85.5 Å². The molecule has 9 rings (SSSR count). The minimum absolute atomic E-state index is 0.0340. The Bertz CT molecular complexity index is 3980. The Morgan fingerprint density at radius 2 is 0.940 bits per heavy atom. The lowest BCUT2D eigenvalue weighted by Crippen LogP contribution is -2.35. The maximum Gasteiger partial charge on any atom is 0.325 e. The molecule has 0 fully saturated rings. The zero-order valence-electron chi connectivity index (χ0n) is 43.8. The first-order valence-electron chi connectivity index (χ1n) is 24.4. The van der Waals surface area contributed by atoms with Crippen LogP contribution in [0.2, 0.25) is 0 Å². The van der Waals surface area contributed by atoms with Crippen molar-refractivity contribution in [1.82, 2.24) is 59.8 Å². The van der Waals surface area contributed by atoms with Gasteiger partial charge in [0, 0.05) is 52.5 Å². The fraction of sp³-hybridized carbons (Fsp3) is 0.275. The molecule has 0 saturated heterocycles. The lowest BCUT2D eigenvalue weighted by Gasteiger charge is -2.22. The molecule has 9 aromatic rings. The number of hydrogen-bond acceptors (Lipinski definition) is 22. The number of rotatable bonds is 20. The summed E-state index contributed by atoms with van der Waals surface area (Å²) in [5, 5.41) is 46.9. The first-order chi connectivity index (χ1) is 39.5. The van der Waals surface area contributed by atoms with Crippen LogP contribution in [0.4, 0.5) is 43.8 Å². The highest BCUT2D eigenvalue weighted by Crippen LogP contribution is 2.30. The zero-order valence-corrected chi connectivity index (χ0v) is 46.3. The van der Waals surface area contributed by atoms with Crippen LogP contribution in [0.1, 0.15) is 44.4 Å². The molecule has 32 heteroatoms. The van der Waals surface area contributed by atoms with Gasteiger partial charge in [0.15, 0.2) is 84.8 Å². The van der Waals surface area contributed by atoms with E-state index in [1.165, 1.54) is 50.2 Å². The highest BCUT2D eigenvalue weighted by molar-refractivity contribution is 7.98. The van der Waals surface area contributed by atoms with Crippen LogP contribution in [0, 0.1) is 40.3 Å². The number of aromatic nitrogens is 12. The minimum atomic E-state index is -1.11. The van der Waals surface area contributed by atoms with Gasteiger partial charge >= 0.3 is 5.97 Å². The van der Waals surface area contributed by atoms with Crippen molar-refractivity contribution >= 4 is 92.2 Å². The number of halogens is 6. The Balaban J connectivity index is 0.000000179. The van der Waals surface area contributed by atoms with Gasteiger partial charge in [0.2, 0.25) is 0 Å². The average Bonchev–Trinajstić information content (AvgIpc) is 3.62. The van der Waals surface area contributed by atoms with Crippen molar-refractivity contribution in [3.63, 3.8) is 0 Å². The van der Waals surface area contributed by atoms with Gasteiger partial charge < -0.3 is 51.3 Å². The number of carbonyl (C=O) groups is 1. The maximum atomic E-state index is 13.9. The summed E-state index contributed by atoms with van der Waals surface area (Å²) in [6, 6.07) is 9.97. The Kier molecular flexibility index (Phi) is 21.1. The Labute approximate surface area is 477 Å². The summed E-state index contributed by atoms with van der Waals surface area (Å²) in [6.45, 7) is 6.66. The van der Waals surface area contributed by atoms with Crippen LogP contribution in [0.3, 0.4) is 0 Å². The Morgan fingerprint density at radius 3 is 1.29 bits per heavy atom. The normalized spacial score (nSPS) is 12.4. The first-order valence-corrected chi connectivity index (χ1v) is 27.4. The van der Waals surface area contributed by atoms with Crippen molar-refractivity contribution < 1.29 is 51.6 Å². The summed E-state index contributed by atoms with van der Waals surface area (Å²) in [5.41, 5.74) is -0.0931. The van der Waals surface area contributed by atoms with E-state index in [2.05, 4.69) is 75.8 Å². The van der Waals surface area contributed by atoms with Gasteiger partial charge in [0.05, 0.1) is 37.3 Å². The van der Waals surface area contributed by atoms with E-state index in [-0.39, 0.29) is 102 Å². The summed E-state index contributed by atoms with van der Waals surface area (Å²) in [6.07, 6.45) is 2.32. The molecule has 3 aromatic carbocycles. The number of fused-ring (bicyclic) bond motifs is 3. The van der Waals surface area contributed by atoms with Gasteiger partial charge in [-0.2, -0.15) is 0 Å². The number of anilines is 3. The second-order valence-electron chi connectivity index (χ2n) is 18.5. The number of hydrogen-bond donors (Lipinski definition) is 10. The standard InChI is InChI=1S/C18H19F2N5O2S.C17H17F2N5O3S.C16H13F2N5O3S/c1-18(2,9-26)8-22-15-14-16(23-12(27)6-21-14)25-17(24-15)28-7-10-4-3-5-11(19)13(10)20;1-8(26)11(6-25)21-15-14-16(22-12(27)5-20-14)24-17(23-15)28-7-9-3-2-4-10(18)13(9)19;1-7(15(25)26)20-13-12-14(21-10(24)5-19-12)23-16(22-13)27-6-8-3-2-4-9(17)11(8)18/h3-6,26H,7-9H2,1-2H3,(H2,22,23,24,25,27);2-5,8,11,25-26H,6-7H2,1H3,(H2,21,22,23,24,27);2-5,7H,6H2,1H3,(H,25,26)(H2,20,21,22,23,24)/t;8-,11-;/m.1./s1. The van der Waals surface area contributed by atoms with Gasteiger partial charge in [0.1, 0.15) is 22.6 Å². The van der Waals surface area contributed by atoms with Crippen molar-refractivity contribution in [2.45, 2.75) is 78.6 Å². The molecule has 0 radical (unpaired) electrons. The second kappa shape index (κ2) is 28.1. The topological polar surface area (TPSA) is 349 Å². The van der Waals surface area contributed by atoms with Crippen molar-refractivity contribution in [3.05, 3.63) is 156 Å². The van der Waals surface area contributed by atoms with Crippen molar-refractivity contribution in [2.75, 3.05) is 35.7 Å². The van der Waals surface area contributed by atoms with Crippen LogP contribution in [0.5, 0.6) is 0 Å². The fourth-order valence-electron chi connectivity index (χ4n) is 6.81. The molecule has 436 valence electrons. The summed E-state index contributed by atoms with van der Waals surface area (Å²) in [4.78, 5) is 90.9. The zero-order chi connectivity index (χ0) is 60.1. The largest absolute Gasteiger partial charge is 0.480 e. The number of aliphatic hydroxyl groups is 3. The van der Waals surface area contributed by atoms with Crippen LogP contribution in [-0.2, 0) is 22.1 Å². The summed E-state index contributed by atoms with van der Waals surface area (Å²) in [5.74, 6) is -5.88. The lowest BCUT2D eigenvalue weighted by molar-refractivity contribution is -0.137. The number of carboxylic acid groups (broad SMARTS) is 1. The third-order valence-corrected chi connectivity index (χ3v) is 14.1. The van der Waals surface area contributed by atoms with E-state index in [4.69, 9.17) is 5.11 Å². The molecular weight excluding hydrogens is 1160 g/mol. The number of benzene rings is 3. The van der Waals surface area contributed by atoms with E-state index in [0.29, 0.717) is 17.9 Å². The molecule has 6 aromatic heterocycles. The van der Waals surface area contributed by atoms with Gasteiger partial charge in [0.25, 0.3) is 16.7 Å². The Morgan fingerprint density at radius 1 is 0.578 bits per heavy atom. The number of nitrogens with zero attached hydrogens (tertiary/aromatic N) is 9. The SMILES string of the molecule is CC(C)(CO)CNc1nc(SCc2cccc(F)c2F)nc2[nH]c(=O)cnc12.CC(Nc1nc(SCc2cccc(F)c2F)nc2[nH]c(=O)cnc12)C(=O)O.C[C@@H](O)[C@@H](CO)Nc1nc(SCc2cccc(F)c2F)nc2[nH]c(=O)cnc12. The predicted molar refractivity (Wildman–Crippen MR) is 298 cm³/mol. The molecule has 6 heterocycles. The number of carboxylic acids is 1. The molecule has 0 bridgehead atoms. The number of aromatic amines is 3. The quantitative estimate of drug-likeness (QED) is 0.0227. The summed E-state index contributed by atoms with van der Waals surface area (Å²) >= 11 is 3.13.